The number of halogens is 3. The number of fused-ring (bicyclic) bond motifs is 1. The number of hydrogen-bond acceptors (Lipinski definition) is 3. The maximum atomic E-state index is 12.4. The number of carbonyl (C=O) groups is 1. The average Bonchev–Trinajstić information content (AvgIpc) is 3.24. The molecule has 0 saturated heterocycles. The Balaban J connectivity index is 1.53. The molecule has 0 fully saturated rings. The third-order valence-corrected chi connectivity index (χ3v) is 6.43. The van der Waals surface area contributed by atoms with Gasteiger partial charge in [-0.15, -0.1) is 0 Å². The summed E-state index contributed by atoms with van der Waals surface area (Å²) in [6.07, 6.45) is 1.62. The molecule has 1 amide bonds. The quantitative estimate of drug-likeness (QED) is 0.225. The second-order valence-corrected chi connectivity index (χ2v) is 8.93. The Morgan fingerprint density at radius 2 is 1.93 bits per heavy atom. The first kappa shape index (κ1) is 20.9. The van der Waals surface area contributed by atoms with Crippen molar-refractivity contribution in [2.75, 3.05) is 0 Å². The molecular weight excluding hydrogens is 534 g/mol. The van der Waals surface area contributed by atoms with E-state index in [4.69, 9.17) is 16.0 Å². The fourth-order valence-corrected chi connectivity index (χ4v) is 4.08. The minimum atomic E-state index is -0.410. The number of carbonyl (C=O) groups excluding carboxylic acids is 1. The molecule has 0 bridgehead atoms. The first-order valence-corrected chi connectivity index (χ1v) is 11.0. The van der Waals surface area contributed by atoms with E-state index < -0.39 is 5.91 Å². The van der Waals surface area contributed by atoms with Crippen LogP contribution in [0.1, 0.15) is 27.5 Å². The molecule has 1 N–H and O–H groups in total. The third kappa shape index (κ3) is 4.10. The molecule has 4 aromatic rings. The minimum absolute atomic E-state index is 0.204. The molecule has 4 rings (SSSR count). The van der Waals surface area contributed by atoms with Gasteiger partial charge in [-0.25, -0.2) is 5.43 Å². The predicted octanol–water partition coefficient (Wildman–Crippen LogP) is 6.78. The lowest BCUT2D eigenvalue weighted by molar-refractivity contribution is 0.0929. The van der Waals surface area contributed by atoms with E-state index in [0.717, 1.165) is 37.0 Å². The molecule has 2 aromatic heterocycles. The molecule has 152 valence electrons. The van der Waals surface area contributed by atoms with Crippen molar-refractivity contribution in [3.05, 3.63) is 85.2 Å². The number of nitrogens with one attached hydrogen (secondary N) is 1. The third-order valence-electron chi connectivity index (χ3n) is 4.70. The Hall–Kier alpha value is -2.35. The normalized spacial score (nSPS) is 11.5. The van der Waals surface area contributed by atoms with Gasteiger partial charge < -0.3 is 8.98 Å². The second-order valence-electron chi connectivity index (χ2n) is 6.75. The number of aryl methyl sites for hydroxylation is 1. The molecule has 30 heavy (non-hydrogen) atoms. The predicted molar refractivity (Wildman–Crippen MR) is 127 cm³/mol. The zero-order chi connectivity index (χ0) is 21.4. The largest absolute Gasteiger partial charge is 0.451 e. The molecular formula is C22H16Br2ClN3O2. The minimum Gasteiger partial charge on any atom is -0.451 e. The first-order chi connectivity index (χ1) is 14.3. The van der Waals surface area contributed by atoms with E-state index in [2.05, 4.69) is 47.0 Å². The summed E-state index contributed by atoms with van der Waals surface area (Å²) in [7, 11) is 0. The molecule has 5 nitrogen and oxygen atoms in total. The Labute approximate surface area is 195 Å². The van der Waals surface area contributed by atoms with Crippen molar-refractivity contribution in [1.82, 2.24) is 9.99 Å². The number of rotatable bonds is 4. The highest BCUT2D eigenvalue weighted by Crippen LogP contribution is 2.28. The van der Waals surface area contributed by atoms with Crippen LogP contribution in [0.4, 0.5) is 0 Å². The van der Waals surface area contributed by atoms with Gasteiger partial charge in [-0.05, 0) is 78.3 Å². The number of hydrogen-bond donors (Lipinski definition) is 1. The van der Waals surface area contributed by atoms with Gasteiger partial charge in [0.05, 0.1) is 11.2 Å². The van der Waals surface area contributed by atoms with E-state index in [0.29, 0.717) is 10.6 Å². The summed E-state index contributed by atoms with van der Waals surface area (Å²) in [5.74, 6) is -0.206. The molecule has 0 aliphatic heterocycles. The molecule has 0 unspecified atom stereocenters. The maximum absolute atomic E-state index is 12.4. The summed E-state index contributed by atoms with van der Waals surface area (Å²) >= 11 is 13.1. The lowest BCUT2D eigenvalue weighted by atomic mass is 10.2. The molecule has 0 saturated carbocycles. The zero-order valence-corrected chi connectivity index (χ0v) is 20.0. The smallest absolute Gasteiger partial charge is 0.307 e. The van der Waals surface area contributed by atoms with Crippen molar-refractivity contribution >= 4 is 66.6 Å². The summed E-state index contributed by atoms with van der Waals surface area (Å²) in [6, 6.07) is 15.0. The maximum Gasteiger partial charge on any atom is 0.307 e. The Morgan fingerprint density at radius 1 is 1.13 bits per heavy atom. The fraction of sp³-hybridized carbons (Fsp3) is 0.0909. The number of aromatic nitrogens is 1. The van der Waals surface area contributed by atoms with Crippen molar-refractivity contribution < 1.29 is 9.21 Å². The first-order valence-electron chi connectivity index (χ1n) is 9.00. The van der Waals surface area contributed by atoms with Crippen LogP contribution in [0, 0.1) is 13.8 Å². The topological polar surface area (TPSA) is 59.5 Å². The van der Waals surface area contributed by atoms with Gasteiger partial charge in [0.2, 0.25) is 0 Å². The van der Waals surface area contributed by atoms with Gasteiger partial charge >= 0.3 is 5.91 Å². The fourth-order valence-electron chi connectivity index (χ4n) is 3.28. The van der Waals surface area contributed by atoms with Gasteiger partial charge in [-0.2, -0.15) is 5.10 Å². The molecule has 0 aliphatic carbocycles. The van der Waals surface area contributed by atoms with Crippen molar-refractivity contribution in [2.24, 2.45) is 5.10 Å². The molecule has 0 aliphatic rings. The SMILES string of the molecule is Cc1cc(/C=N/NC(=O)c2cc3cc(Br)ccc3o2)c(C)n1-c1ccc(Br)c(Cl)c1. The highest BCUT2D eigenvalue weighted by molar-refractivity contribution is 9.10. The molecule has 2 heterocycles. The highest BCUT2D eigenvalue weighted by atomic mass is 79.9. The molecule has 2 aromatic carbocycles. The van der Waals surface area contributed by atoms with Crippen LogP contribution in [0.5, 0.6) is 0 Å². The van der Waals surface area contributed by atoms with Crippen molar-refractivity contribution in [2.45, 2.75) is 13.8 Å². The Kier molecular flexibility index (Phi) is 5.86. The van der Waals surface area contributed by atoms with Gasteiger partial charge in [-0.1, -0.05) is 27.5 Å². The van der Waals surface area contributed by atoms with Gasteiger partial charge in [0.15, 0.2) is 5.76 Å². The van der Waals surface area contributed by atoms with Crippen LogP contribution in [0.25, 0.3) is 16.7 Å². The number of amides is 1. The van der Waals surface area contributed by atoms with E-state index in [1.807, 2.05) is 56.3 Å². The van der Waals surface area contributed by atoms with Crippen LogP contribution < -0.4 is 5.43 Å². The summed E-state index contributed by atoms with van der Waals surface area (Å²) in [4.78, 5) is 12.4. The van der Waals surface area contributed by atoms with E-state index in [9.17, 15) is 4.79 Å². The molecule has 0 spiro atoms. The summed E-state index contributed by atoms with van der Waals surface area (Å²) in [5.41, 5.74) is 7.02. The second kappa shape index (κ2) is 8.41. The molecule has 0 atom stereocenters. The van der Waals surface area contributed by atoms with Crippen LogP contribution in [0.2, 0.25) is 5.02 Å². The van der Waals surface area contributed by atoms with Crippen LogP contribution in [0.15, 0.2) is 67.0 Å². The van der Waals surface area contributed by atoms with Crippen LogP contribution in [-0.4, -0.2) is 16.7 Å². The Morgan fingerprint density at radius 3 is 2.70 bits per heavy atom. The zero-order valence-electron chi connectivity index (χ0n) is 16.0. The summed E-state index contributed by atoms with van der Waals surface area (Å²) in [6.45, 7) is 3.99. The van der Waals surface area contributed by atoms with Crippen LogP contribution in [-0.2, 0) is 0 Å². The van der Waals surface area contributed by atoms with Crippen molar-refractivity contribution in [1.29, 1.82) is 0 Å². The van der Waals surface area contributed by atoms with Crippen molar-refractivity contribution in [3.63, 3.8) is 0 Å². The number of furan rings is 1. The Bertz CT molecular complexity index is 1310. The number of benzene rings is 2. The van der Waals surface area contributed by atoms with Crippen molar-refractivity contribution in [3.8, 4) is 5.69 Å². The monoisotopic (exact) mass is 547 g/mol. The standard InChI is InChI=1S/C22H16Br2ClN3O2/c1-12-7-15(13(2)28(12)17-4-5-18(24)19(25)10-17)11-26-27-22(29)21-9-14-8-16(23)3-6-20(14)30-21/h3-11H,1-2H3,(H,27,29)/b26-11+. The number of nitrogens with zero attached hydrogens (tertiary/aromatic N) is 2. The summed E-state index contributed by atoms with van der Waals surface area (Å²) in [5, 5.41) is 5.59. The molecule has 0 radical (unpaired) electrons. The summed E-state index contributed by atoms with van der Waals surface area (Å²) < 4.78 is 9.43. The van der Waals surface area contributed by atoms with Gasteiger partial charge in [-0.3, -0.25) is 4.79 Å². The van der Waals surface area contributed by atoms with E-state index in [1.165, 1.54) is 0 Å². The van der Waals surface area contributed by atoms with E-state index in [1.54, 1.807) is 12.3 Å². The lowest BCUT2D eigenvalue weighted by Crippen LogP contribution is -2.16. The van der Waals surface area contributed by atoms with Gasteiger partial charge in [0, 0.05) is 37.0 Å². The lowest BCUT2D eigenvalue weighted by Gasteiger charge is -2.10. The molecule has 8 heteroatoms. The van der Waals surface area contributed by atoms with E-state index in [-0.39, 0.29) is 5.76 Å². The highest BCUT2D eigenvalue weighted by Gasteiger charge is 2.13. The van der Waals surface area contributed by atoms with Gasteiger partial charge in [0.25, 0.3) is 0 Å². The number of hydrazone groups is 1. The van der Waals surface area contributed by atoms with E-state index >= 15 is 0 Å². The van der Waals surface area contributed by atoms with Gasteiger partial charge in [0.1, 0.15) is 5.58 Å². The van der Waals surface area contributed by atoms with Crippen LogP contribution >= 0.6 is 43.5 Å². The van der Waals surface area contributed by atoms with Crippen LogP contribution in [0.3, 0.4) is 0 Å². The average molecular weight is 550 g/mol.